The van der Waals surface area contributed by atoms with Crippen molar-refractivity contribution in [1.82, 2.24) is 14.5 Å². The van der Waals surface area contributed by atoms with E-state index in [4.69, 9.17) is 0 Å². The first-order valence-electron chi connectivity index (χ1n) is 9.59. The van der Waals surface area contributed by atoms with E-state index in [1.807, 2.05) is 43.0 Å². The van der Waals surface area contributed by atoms with E-state index >= 15 is 0 Å². The van der Waals surface area contributed by atoms with Crippen molar-refractivity contribution in [2.75, 3.05) is 0 Å². The minimum absolute atomic E-state index is 0. The maximum Gasteiger partial charge on any atom is 0.0951 e. The zero-order valence-electron chi connectivity index (χ0n) is 15.0. The lowest BCUT2D eigenvalue weighted by atomic mass is 9.53. The van der Waals surface area contributed by atoms with Crippen LogP contribution in [0.4, 0.5) is 0 Å². The smallest absolute Gasteiger partial charge is 0.0951 e. The van der Waals surface area contributed by atoms with E-state index in [1.165, 1.54) is 43.9 Å². The van der Waals surface area contributed by atoms with Crippen LogP contribution in [0.1, 0.15) is 38.5 Å². The molecule has 2 aromatic heterocycles. The molecule has 1 aromatic carbocycles. The summed E-state index contributed by atoms with van der Waals surface area (Å²) in [6.45, 7) is 0. The van der Waals surface area contributed by atoms with Crippen molar-refractivity contribution in [2.24, 2.45) is 17.8 Å². The molecule has 0 saturated heterocycles. The molecule has 4 saturated carbocycles. The van der Waals surface area contributed by atoms with Gasteiger partial charge in [-0.25, -0.2) is 4.98 Å². The third-order valence-corrected chi connectivity index (χ3v) is 6.57. The van der Waals surface area contributed by atoms with Crippen molar-refractivity contribution in [2.45, 2.75) is 44.1 Å². The second-order valence-corrected chi connectivity index (χ2v) is 8.31. The predicted molar refractivity (Wildman–Crippen MR) is 107 cm³/mol. The molecule has 136 valence electrons. The molecule has 26 heavy (non-hydrogen) atoms. The van der Waals surface area contributed by atoms with Crippen LogP contribution in [0, 0.1) is 17.8 Å². The van der Waals surface area contributed by atoms with Crippen LogP contribution in [0.2, 0.25) is 0 Å². The largest absolute Gasteiger partial charge is 0.331 e. The monoisotopic (exact) mass is 367 g/mol. The van der Waals surface area contributed by atoms with E-state index in [9.17, 15) is 0 Å². The Morgan fingerprint density at radius 1 is 0.846 bits per heavy atom. The van der Waals surface area contributed by atoms with Gasteiger partial charge in [0, 0.05) is 29.5 Å². The summed E-state index contributed by atoms with van der Waals surface area (Å²) in [7, 11) is 0. The molecule has 2 heterocycles. The van der Waals surface area contributed by atoms with Gasteiger partial charge in [-0.1, -0.05) is 24.3 Å². The lowest BCUT2D eigenvalue weighted by Gasteiger charge is -2.57. The Morgan fingerprint density at radius 3 is 2.12 bits per heavy atom. The summed E-state index contributed by atoms with van der Waals surface area (Å²) in [5.41, 5.74) is 1.54. The Labute approximate surface area is 161 Å². The van der Waals surface area contributed by atoms with E-state index in [0.717, 1.165) is 23.3 Å². The molecule has 4 bridgehead atoms. The molecule has 3 nitrogen and oxygen atoms in total. The number of halogens is 1. The lowest BCUT2D eigenvalue weighted by Crippen LogP contribution is -2.51. The van der Waals surface area contributed by atoms with Crippen molar-refractivity contribution in [3.8, 4) is 0 Å². The highest BCUT2D eigenvalue weighted by Gasteiger charge is 2.51. The van der Waals surface area contributed by atoms with E-state index in [2.05, 4.69) is 32.9 Å². The fourth-order valence-corrected chi connectivity index (χ4v) is 5.94. The van der Waals surface area contributed by atoms with Crippen LogP contribution in [0.3, 0.4) is 0 Å². The van der Waals surface area contributed by atoms with Gasteiger partial charge in [-0.05, 0) is 68.4 Å². The first kappa shape index (κ1) is 17.5. The van der Waals surface area contributed by atoms with Crippen LogP contribution in [0.25, 0.3) is 10.9 Å². The molecule has 0 amide bonds. The minimum Gasteiger partial charge on any atom is -0.331 e. The van der Waals surface area contributed by atoms with Crippen LogP contribution in [-0.4, -0.2) is 14.5 Å². The number of aromatic nitrogens is 3. The second kappa shape index (κ2) is 7.03. The number of imidazole rings is 1. The van der Waals surface area contributed by atoms with Gasteiger partial charge in [-0.15, -0.1) is 12.4 Å². The average molecular weight is 368 g/mol. The minimum atomic E-state index is 0. The molecule has 3 aromatic rings. The van der Waals surface area contributed by atoms with Gasteiger partial charge < -0.3 is 4.57 Å². The highest BCUT2D eigenvalue weighted by molar-refractivity contribution is 5.85. The quantitative estimate of drug-likeness (QED) is 0.571. The Balaban J connectivity index is 0.000000135. The number of fused-ring (bicyclic) bond motifs is 1. The first-order chi connectivity index (χ1) is 12.3. The van der Waals surface area contributed by atoms with Crippen LogP contribution in [0.15, 0.2) is 61.3 Å². The summed E-state index contributed by atoms with van der Waals surface area (Å²) >= 11 is 0. The fraction of sp³-hybridized carbons (Fsp3) is 0.455. The second-order valence-electron chi connectivity index (χ2n) is 8.31. The summed E-state index contributed by atoms with van der Waals surface area (Å²) < 4.78 is 2.43. The predicted octanol–water partition coefficient (Wildman–Crippen LogP) is 5.47. The average Bonchev–Trinajstić information content (AvgIpc) is 3.17. The standard InChI is InChI=1S/C13H18N2.C9H7N.ClH/c1-2-15(9-14-1)13-6-10-3-11(7-13)5-12(4-10)8-13;1-2-6-9-8(4-1)5-3-7-10-9;/h1-2,9-12H,3-8H2;1-7H;1H. The summed E-state index contributed by atoms with van der Waals surface area (Å²) in [4.78, 5) is 8.42. The molecular weight excluding hydrogens is 342 g/mol. The van der Waals surface area contributed by atoms with E-state index < -0.39 is 0 Å². The van der Waals surface area contributed by atoms with Gasteiger partial charge in [-0.2, -0.15) is 0 Å². The number of benzene rings is 1. The van der Waals surface area contributed by atoms with Gasteiger partial charge in [0.05, 0.1) is 11.8 Å². The Kier molecular flexibility index (Phi) is 4.74. The Bertz CT molecular complexity index is 758. The topological polar surface area (TPSA) is 30.7 Å². The number of rotatable bonds is 1. The number of pyridine rings is 1. The normalized spacial score (nSPS) is 31.2. The molecular formula is C22H26ClN3. The van der Waals surface area contributed by atoms with Crippen molar-refractivity contribution < 1.29 is 0 Å². The highest BCUT2D eigenvalue weighted by Crippen LogP contribution is 2.58. The molecule has 4 aliphatic rings. The van der Waals surface area contributed by atoms with Crippen molar-refractivity contribution in [3.05, 3.63) is 61.3 Å². The molecule has 0 atom stereocenters. The molecule has 7 rings (SSSR count). The maximum absolute atomic E-state index is 4.24. The fourth-order valence-electron chi connectivity index (χ4n) is 5.94. The van der Waals surface area contributed by atoms with Gasteiger partial charge in [0.15, 0.2) is 0 Å². The van der Waals surface area contributed by atoms with Gasteiger partial charge in [0.2, 0.25) is 0 Å². The summed E-state index contributed by atoms with van der Waals surface area (Å²) in [5.74, 6) is 3.08. The highest BCUT2D eigenvalue weighted by atomic mass is 35.5. The zero-order chi connectivity index (χ0) is 16.7. The van der Waals surface area contributed by atoms with E-state index in [0.29, 0.717) is 5.54 Å². The molecule has 0 spiro atoms. The lowest BCUT2D eigenvalue weighted by molar-refractivity contribution is -0.0431. The van der Waals surface area contributed by atoms with Gasteiger partial charge in [0.1, 0.15) is 0 Å². The molecule has 0 unspecified atom stereocenters. The Hall–Kier alpha value is -1.87. The maximum atomic E-state index is 4.24. The third-order valence-electron chi connectivity index (χ3n) is 6.57. The van der Waals surface area contributed by atoms with Crippen LogP contribution < -0.4 is 0 Å². The van der Waals surface area contributed by atoms with Crippen LogP contribution in [-0.2, 0) is 5.54 Å². The van der Waals surface area contributed by atoms with Gasteiger partial charge in [0.25, 0.3) is 0 Å². The van der Waals surface area contributed by atoms with Crippen molar-refractivity contribution in [1.29, 1.82) is 0 Å². The first-order valence-corrected chi connectivity index (χ1v) is 9.59. The van der Waals surface area contributed by atoms with Crippen LogP contribution >= 0.6 is 12.4 Å². The van der Waals surface area contributed by atoms with Crippen molar-refractivity contribution >= 4 is 23.3 Å². The van der Waals surface area contributed by atoms with E-state index in [-0.39, 0.29) is 12.4 Å². The summed E-state index contributed by atoms with van der Waals surface area (Å²) in [5, 5.41) is 1.20. The number of nitrogens with zero attached hydrogens (tertiary/aromatic N) is 3. The third kappa shape index (κ3) is 3.14. The van der Waals surface area contributed by atoms with Crippen molar-refractivity contribution in [3.63, 3.8) is 0 Å². The zero-order valence-corrected chi connectivity index (χ0v) is 15.8. The van der Waals surface area contributed by atoms with E-state index in [1.54, 1.807) is 0 Å². The van der Waals surface area contributed by atoms with Gasteiger partial charge >= 0.3 is 0 Å². The van der Waals surface area contributed by atoms with Crippen LogP contribution in [0.5, 0.6) is 0 Å². The van der Waals surface area contributed by atoms with Gasteiger partial charge in [-0.3, -0.25) is 4.98 Å². The molecule has 4 heteroatoms. The molecule has 0 aliphatic heterocycles. The molecule has 4 fully saturated rings. The summed E-state index contributed by atoms with van der Waals surface area (Å²) in [6.07, 6.45) is 16.8. The Morgan fingerprint density at radius 2 is 1.50 bits per heavy atom. The molecule has 0 N–H and O–H groups in total. The SMILES string of the molecule is Cl.c1ccc2ncccc2c1.c1cn(C23CC4CC(CC(C4)C2)C3)cn1. The summed E-state index contributed by atoms with van der Waals surface area (Å²) in [6, 6.07) is 12.1. The number of hydrogen-bond donors (Lipinski definition) is 0. The number of para-hydroxylation sites is 1. The molecule has 0 radical (unpaired) electrons. The number of hydrogen-bond acceptors (Lipinski definition) is 2. The molecule has 4 aliphatic carbocycles.